The fourth-order valence-electron chi connectivity index (χ4n) is 2.13. The van der Waals surface area contributed by atoms with Crippen LogP contribution in [0.1, 0.15) is 49.5 Å². The molecule has 1 amide bonds. The number of amides is 1. The molecule has 1 unspecified atom stereocenters. The number of halogens is 1. The molecule has 4 heteroatoms. The molecule has 0 saturated heterocycles. The van der Waals surface area contributed by atoms with E-state index in [-0.39, 0.29) is 29.8 Å². The Balaban J connectivity index is 0.00000200. The number of carbonyl (C=O) groups excluding carboxylic acids is 1. The molecule has 0 bridgehead atoms. The highest BCUT2D eigenvalue weighted by Gasteiger charge is 2.28. The van der Waals surface area contributed by atoms with Crippen LogP contribution in [0.3, 0.4) is 0 Å². The molecule has 1 aromatic rings. The Morgan fingerprint density at radius 1 is 1.30 bits per heavy atom. The number of nitrogens with one attached hydrogen (secondary N) is 1. The first-order valence-corrected chi connectivity index (χ1v) is 7.02. The van der Waals surface area contributed by atoms with Crippen LogP contribution in [0.25, 0.3) is 0 Å². The summed E-state index contributed by atoms with van der Waals surface area (Å²) < 4.78 is 0. The Kier molecular flexibility index (Phi) is 5.60. The average Bonchev–Trinajstić information content (AvgIpc) is 3.19. The van der Waals surface area contributed by atoms with Crippen molar-refractivity contribution < 1.29 is 4.79 Å². The maximum absolute atomic E-state index is 12.0. The zero-order chi connectivity index (χ0) is 14.0. The van der Waals surface area contributed by atoms with E-state index in [9.17, 15) is 4.79 Å². The lowest BCUT2D eigenvalue weighted by Crippen LogP contribution is -2.38. The highest BCUT2D eigenvalue weighted by atomic mass is 35.5. The van der Waals surface area contributed by atoms with Crippen LogP contribution in [0.5, 0.6) is 0 Å². The molecule has 0 radical (unpaired) electrons. The molecule has 1 atom stereocenters. The normalized spacial score (nSPS) is 16.2. The van der Waals surface area contributed by atoms with Crippen LogP contribution in [-0.4, -0.2) is 18.5 Å². The Morgan fingerprint density at radius 2 is 1.85 bits per heavy atom. The maximum atomic E-state index is 12.0. The van der Waals surface area contributed by atoms with E-state index in [4.69, 9.17) is 5.73 Å². The number of hydrogen-bond acceptors (Lipinski definition) is 2. The lowest BCUT2D eigenvalue weighted by molar-refractivity contribution is 0.0950. The molecule has 1 aliphatic carbocycles. The minimum atomic E-state index is -0.0310. The Labute approximate surface area is 127 Å². The van der Waals surface area contributed by atoms with Gasteiger partial charge in [0.05, 0.1) is 0 Å². The van der Waals surface area contributed by atoms with Gasteiger partial charge in [0.25, 0.3) is 5.91 Å². The monoisotopic (exact) mass is 296 g/mol. The fourth-order valence-corrected chi connectivity index (χ4v) is 2.13. The maximum Gasteiger partial charge on any atom is 0.251 e. The van der Waals surface area contributed by atoms with Gasteiger partial charge < -0.3 is 11.1 Å². The Bertz CT molecular complexity index is 447. The Morgan fingerprint density at radius 3 is 2.30 bits per heavy atom. The number of rotatable bonds is 4. The van der Waals surface area contributed by atoms with Gasteiger partial charge >= 0.3 is 0 Å². The molecule has 1 saturated carbocycles. The summed E-state index contributed by atoms with van der Waals surface area (Å²) in [6.45, 7) is 7.06. The summed E-state index contributed by atoms with van der Waals surface area (Å²) in [7, 11) is 0. The molecule has 1 aromatic carbocycles. The second-order valence-corrected chi connectivity index (χ2v) is 6.54. The zero-order valence-corrected chi connectivity index (χ0v) is 13.3. The summed E-state index contributed by atoms with van der Waals surface area (Å²) >= 11 is 0. The summed E-state index contributed by atoms with van der Waals surface area (Å²) in [5.74, 6) is 0.583. The third kappa shape index (κ3) is 4.50. The van der Waals surface area contributed by atoms with Crippen molar-refractivity contribution in [2.45, 2.75) is 45.1 Å². The van der Waals surface area contributed by atoms with Crippen LogP contribution in [0.2, 0.25) is 0 Å². The van der Waals surface area contributed by atoms with Gasteiger partial charge in [0.15, 0.2) is 0 Å². The number of nitrogens with two attached hydrogens (primary N) is 1. The van der Waals surface area contributed by atoms with Crippen molar-refractivity contribution in [3.63, 3.8) is 0 Å². The van der Waals surface area contributed by atoms with Crippen molar-refractivity contribution in [1.82, 2.24) is 5.32 Å². The number of benzene rings is 1. The molecule has 0 aliphatic heterocycles. The predicted octanol–water partition coefficient (Wildman–Crippen LogP) is 2.87. The summed E-state index contributed by atoms with van der Waals surface area (Å²) in [5, 5.41) is 2.91. The van der Waals surface area contributed by atoms with Crippen LogP contribution in [0.15, 0.2) is 24.3 Å². The predicted molar refractivity (Wildman–Crippen MR) is 85.4 cm³/mol. The van der Waals surface area contributed by atoms with E-state index < -0.39 is 0 Å². The van der Waals surface area contributed by atoms with Crippen LogP contribution in [0.4, 0.5) is 0 Å². The highest BCUT2D eigenvalue weighted by Crippen LogP contribution is 2.31. The van der Waals surface area contributed by atoms with Gasteiger partial charge in [-0.3, -0.25) is 4.79 Å². The van der Waals surface area contributed by atoms with Gasteiger partial charge in [0, 0.05) is 18.2 Å². The van der Waals surface area contributed by atoms with Crippen molar-refractivity contribution in [3.8, 4) is 0 Å². The molecule has 0 heterocycles. The molecule has 0 spiro atoms. The van der Waals surface area contributed by atoms with Gasteiger partial charge in [-0.2, -0.15) is 0 Å². The molecule has 3 nitrogen and oxygen atoms in total. The quantitative estimate of drug-likeness (QED) is 0.897. The van der Waals surface area contributed by atoms with Crippen LogP contribution >= 0.6 is 12.4 Å². The highest BCUT2D eigenvalue weighted by molar-refractivity contribution is 5.94. The first-order chi connectivity index (χ1) is 8.88. The van der Waals surface area contributed by atoms with Gasteiger partial charge in [0.1, 0.15) is 0 Å². The largest absolute Gasteiger partial charge is 0.350 e. The second kappa shape index (κ2) is 6.59. The summed E-state index contributed by atoms with van der Waals surface area (Å²) in [6.07, 6.45) is 2.41. The van der Waals surface area contributed by atoms with E-state index in [2.05, 4.69) is 26.1 Å². The van der Waals surface area contributed by atoms with E-state index in [1.807, 2.05) is 24.3 Å². The van der Waals surface area contributed by atoms with E-state index in [0.717, 1.165) is 0 Å². The molecule has 3 N–H and O–H groups in total. The summed E-state index contributed by atoms with van der Waals surface area (Å²) in [6, 6.07) is 7.93. The second-order valence-electron chi connectivity index (χ2n) is 6.54. The lowest BCUT2D eigenvalue weighted by atomic mass is 9.87. The molecule has 2 rings (SSSR count). The minimum Gasteiger partial charge on any atom is -0.350 e. The Hall–Kier alpha value is -1.06. The van der Waals surface area contributed by atoms with Crippen molar-refractivity contribution in [2.24, 2.45) is 11.7 Å². The van der Waals surface area contributed by atoms with E-state index in [0.29, 0.717) is 18.0 Å². The molecule has 1 fully saturated rings. The average molecular weight is 297 g/mol. The summed E-state index contributed by atoms with van der Waals surface area (Å²) in [5.41, 5.74) is 8.03. The number of carbonyl (C=O) groups is 1. The van der Waals surface area contributed by atoms with Gasteiger partial charge in [0.2, 0.25) is 0 Å². The standard InChI is InChI=1S/C16H24N2O.ClH/c1-16(2,3)13-8-6-12(7-9-13)15(19)18-10-14(17)11-4-5-11;/h6-9,11,14H,4-5,10,17H2,1-3H3,(H,18,19);1H. The SMILES string of the molecule is CC(C)(C)c1ccc(C(=O)NCC(N)C2CC2)cc1.Cl. The van der Waals surface area contributed by atoms with Gasteiger partial charge in [-0.05, 0) is 41.9 Å². The molecular weight excluding hydrogens is 272 g/mol. The van der Waals surface area contributed by atoms with E-state index in [1.165, 1.54) is 18.4 Å². The van der Waals surface area contributed by atoms with Gasteiger partial charge in [-0.1, -0.05) is 32.9 Å². The van der Waals surface area contributed by atoms with Crippen molar-refractivity contribution >= 4 is 18.3 Å². The van der Waals surface area contributed by atoms with Crippen molar-refractivity contribution in [1.29, 1.82) is 0 Å². The zero-order valence-electron chi connectivity index (χ0n) is 12.5. The third-order valence-electron chi connectivity index (χ3n) is 3.74. The van der Waals surface area contributed by atoms with Crippen LogP contribution in [-0.2, 0) is 5.41 Å². The smallest absolute Gasteiger partial charge is 0.251 e. The molecule has 0 aromatic heterocycles. The number of hydrogen-bond donors (Lipinski definition) is 2. The topological polar surface area (TPSA) is 55.1 Å². The van der Waals surface area contributed by atoms with Gasteiger partial charge in [-0.25, -0.2) is 0 Å². The summed E-state index contributed by atoms with van der Waals surface area (Å²) in [4.78, 5) is 12.0. The van der Waals surface area contributed by atoms with Crippen molar-refractivity contribution in [3.05, 3.63) is 35.4 Å². The molecule has 112 valence electrons. The van der Waals surface area contributed by atoms with Crippen LogP contribution < -0.4 is 11.1 Å². The first-order valence-electron chi connectivity index (χ1n) is 7.02. The minimum absolute atomic E-state index is 0. The third-order valence-corrected chi connectivity index (χ3v) is 3.74. The van der Waals surface area contributed by atoms with E-state index in [1.54, 1.807) is 0 Å². The van der Waals surface area contributed by atoms with Crippen LogP contribution in [0, 0.1) is 5.92 Å². The molecule has 1 aliphatic rings. The molecular formula is C16H25ClN2O. The van der Waals surface area contributed by atoms with Gasteiger partial charge in [-0.15, -0.1) is 12.4 Å². The molecule has 20 heavy (non-hydrogen) atoms. The van der Waals surface area contributed by atoms with E-state index >= 15 is 0 Å². The fraction of sp³-hybridized carbons (Fsp3) is 0.562. The lowest BCUT2D eigenvalue weighted by Gasteiger charge is -2.19. The first kappa shape index (κ1) is 17.0. The van der Waals surface area contributed by atoms with Crippen molar-refractivity contribution in [2.75, 3.05) is 6.54 Å².